The SMILES string of the molecule is CCCCc1ccc(S(=O)(=O)N=[P+](CCCC)c2ccccc2)cc1. The van der Waals surface area contributed by atoms with Crippen molar-refractivity contribution in [3.05, 3.63) is 60.2 Å². The Morgan fingerprint density at radius 3 is 2.12 bits per heavy atom. The molecule has 0 aliphatic rings. The van der Waals surface area contributed by atoms with Gasteiger partial charge in [-0.3, -0.25) is 0 Å². The van der Waals surface area contributed by atoms with E-state index in [1.165, 1.54) is 5.56 Å². The predicted octanol–water partition coefficient (Wildman–Crippen LogP) is 5.51. The summed E-state index contributed by atoms with van der Waals surface area (Å²) in [6.45, 7) is 4.27. The van der Waals surface area contributed by atoms with E-state index in [0.29, 0.717) is 4.90 Å². The molecule has 25 heavy (non-hydrogen) atoms. The van der Waals surface area contributed by atoms with Gasteiger partial charge >= 0.3 is 10.0 Å². The second kappa shape index (κ2) is 9.84. The lowest BCUT2D eigenvalue weighted by Gasteiger charge is -2.02. The molecule has 0 N–H and O–H groups in total. The average molecular weight is 376 g/mol. The van der Waals surface area contributed by atoms with E-state index in [1.54, 1.807) is 12.1 Å². The van der Waals surface area contributed by atoms with Crippen molar-refractivity contribution in [2.75, 3.05) is 6.16 Å². The van der Waals surface area contributed by atoms with Crippen LogP contribution < -0.4 is 5.30 Å². The lowest BCUT2D eigenvalue weighted by molar-refractivity contribution is 0.598. The third-order valence-corrected chi connectivity index (χ3v) is 8.17. The van der Waals surface area contributed by atoms with Crippen molar-refractivity contribution in [3.8, 4) is 0 Å². The number of aryl methyl sites for hydroxylation is 1. The molecule has 2 aromatic carbocycles. The van der Waals surface area contributed by atoms with Gasteiger partial charge in [0.05, 0.1) is 4.90 Å². The van der Waals surface area contributed by atoms with Gasteiger partial charge in [0.2, 0.25) is 0 Å². The van der Waals surface area contributed by atoms with Gasteiger partial charge in [0.25, 0.3) is 7.71 Å². The van der Waals surface area contributed by atoms with Crippen LogP contribution in [0.1, 0.15) is 45.1 Å². The van der Waals surface area contributed by atoms with Crippen LogP contribution in [0.4, 0.5) is 0 Å². The Labute approximate surface area is 153 Å². The maximum Gasteiger partial charge on any atom is 0.317 e. The van der Waals surface area contributed by atoms with Crippen LogP contribution in [0.5, 0.6) is 0 Å². The highest BCUT2D eigenvalue weighted by Crippen LogP contribution is 2.31. The summed E-state index contributed by atoms with van der Waals surface area (Å²) < 4.78 is 29.8. The number of unbranched alkanes of at least 4 members (excludes halogenated alkanes) is 2. The van der Waals surface area contributed by atoms with Crippen molar-refractivity contribution in [1.82, 2.24) is 0 Å². The van der Waals surface area contributed by atoms with Crippen molar-refractivity contribution in [1.29, 1.82) is 0 Å². The molecule has 2 aromatic rings. The van der Waals surface area contributed by atoms with Crippen LogP contribution >= 0.6 is 7.71 Å². The molecule has 134 valence electrons. The fourth-order valence-electron chi connectivity index (χ4n) is 2.51. The van der Waals surface area contributed by atoms with Crippen molar-refractivity contribution in [2.45, 2.75) is 50.8 Å². The Morgan fingerprint density at radius 2 is 1.52 bits per heavy atom. The number of benzene rings is 2. The number of nitrogens with zero attached hydrogens (tertiary/aromatic N) is 1. The van der Waals surface area contributed by atoms with Crippen LogP contribution in [0.2, 0.25) is 0 Å². The number of sulfonamides is 1. The zero-order valence-electron chi connectivity index (χ0n) is 15.1. The maximum absolute atomic E-state index is 12.8. The van der Waals surface area contributed by atoms with Gasteiger partial charge in [-0.15, -0.1) is 0 Å². The molecule has 0 heterocycles. The lowest BCUT2D eigenvalue weighted by Crippen LogP contribution is -2.02. The minimum absolute atomic E-state index is 0.299. The molecular formula is C20H27NO2PS+. The minimum Gasteiger partial charge on any atom is -0.196 e. The summed E-state index contributed by atoms with van der Waals surface area (Å²) in [5.41, 5.74) is 1.18. The molecule has 0 fully saturated rings. The second-order valence-corrected chi connectivity index (χ2v) is 9.95. The van der Waals surface area contributed by atoms with E-state index < -0.39 is 17.7 Å². The van der Waals surface area contributed by atoms with Gasteiger partial charge in [0.15, 0.2) is 5.30 Å². The van der Waals surface area contributed by atoms with E-state index in [9.17, 15) is 8.42 Å². The quantitative estimate of drug-likeness (QED) is 0.542. The molecular weight excluding hydrogens is 349 g/mol. The molecule has 0 aliphatic carbocycles. The van der Waals surface area contributed by atoms with Crippen LogP contribution in [-0.2, 0) is 16.4 Å². The first-order chi connectivity index (χ1) is 12.1. The van der Waals surface area contributed by atoms with E-state index in [1.807, 2.05) is 42.5 Å². The van der Waals surface area contributed by atoms with Crippen LogP contribution in [0, 0.1) is 0 Å². The van der Waals surface area contributed by atoms with Gasteiger partial charge in [-0.1, -0.05) is 57.0 Å². The summed E-state index contributed by atoms with van der Waals surface area (Å²) >= 11 is 0. The zero-order valence-corrected chi connectivity index (χ0v) is 16.8. The Balaban J connectivity index is 2.30. The first-order valence-electron chi connectivity index (χ1n) is 8.96. The minimum atomic E-state index is -3.62. The molecule has 0 amide bonds. The fourth-order valence-corrected chi connectivity index (χ4v) is 6.50. The third kappa shape index (κ3) is 6.05. The molecule has 0 aromatic heterocycles. The van der Waals surface area contributed by atoms with Gasteiger partial charge in [0, 0.05) is 4.15 Å². The standard InChI is InChI=1S/C20H27NO2PS/c1-3-5-10-18-13-15-20(16-14-18)25(22,23)21-24(17-6-4-2)19-11-8-7-9-12-19/h7-9,11-16H,3-6,10,17H2,1-2H3/q+1. The molecule has 0 saturated carbocycles. The van der Waals surface area contributed by atoms with E-state index in [-0.39, 0.29) is 0 Å². The highest BCUT2D eigenvalue weighted by molar-refractivity contribution is 7.93. The van der Waals surface area contributed by atoms with Crippen LogP contribution in [0.25, 0.3) is 0 Å². The smallest absolute Gasteiger partial charge is 0.196 e. The topological polar surface area (TPSA) is 46.5 Å². The van der Waals surface area contributed by atoms with Crippen LogP contribution in [0.15, 0.2) is 63.6 Å². The lowest BCUT2D eigenvalue weighted by atomic mass is 10.1. The molecule has 0 radical (unpaired) electrons. The van der Waals surface area contributed by atoms with Gasteiger partial charge < -0.3 is 0 Å². The predicted molar refractivity (Wildman–Crippen MR) is 107 cm³/mol. The normalized spacial score (nSPS) is 12.3. The highest BCUT2D eigenvalue weighted by Gasteiger charge is 2.24. The molecule has 3 nitrogen and oxygen atoms in total. The molecule has 2 rings (SSSR count). The number of hydrogen-bond donors (Lipinski definition) is 0. The average Bonchev–Trinajstić information content (AvgIpc) is 2.64. The van der Waals surface area contributed by atoms with Gasteiger partial charge in [-0.25, -0.2) is 0 Å². The molecule has 0 aliphatic heterocycles. The van der Waals surface area contributed by atoms with Crippen molar-refractivity contribution >= 4 is 23.0 Å². The zero-order chi connectivity index (χ0) is 18.1. The highest BCUT2D eigenvalue weighted by atomic mass is 32.2. The molecule has 0 spiro atoms. The maximum atomic E-state index is 12.8. The van der Waals surface area contributed by atoms with Crippen molar-refractivity contribution in [3.63, 3.8) is 0 Å². The largest absolute Gasteiger partial charge is 0.317 e. The second-order valence-electron chi connectivity index (χ2n) is 6.12. The first-order valence-corrected chi connectivity index (χ1v) is 11.9. The number of hydrogen-bond acceptors (Lipinski definition) is 2. The first kappa shape index (κ1) is 19.8. The van der Waals surface area contributed by atoms with E-state index >= 15 is 0 Å². The summed E-state index contributed by atoms with van der Waals surface area (Å²) in [7, 11) is -4.67. The van der Waals surface area contributed by atoms with Crippen molar-refractivity contribution in [2.24, 2.45) is 4.15 Å². The van der Waals surface area contributed by atoms with E-state index in [2.05, 4.69) is 18.0 Å². The Bertz CT molecular complexity index is 784. The van der Waals surface area contributed by atoms with Crippen LogP contribution in [-0.4, -0.2) is 14.6 Å². The van der Waals surface area contributed by atoms with Gasteiger partial charge in [-0.05, 0) is 49.1 Å². The molecule has 0 bridgehead atoms. The van der Waals surface area contributed by atoms with Gasteiger partial charge in [0.1, 0.15) is 6.16 Å². The van der Waals surface area contributed by atoms with E-state index in [4.69, 9.17) is 0 Å². The Hall–Kier alpha value is -1.51. The third-order valence-electron chi connectivity index (χ3n) is 4.02. The van der Waals surface area contributed by atoms with E-state index in [0.717, 1.165) is 43.6 Å². The van der Waals surface area contributed by atoms with Gasteiger partial charge in [-0.2, -0.15) is 8.42 Å². The summed E-state index contributed by atoms with van der Waals surface area (Å²) in [5.74, 6) is 0. The summed E-state index contributed by atoms with van der Waals surface area (Å²) in [5, 5.41) is 1.02. The Kier molecular flexibility index (Phi) is 7.80. The summed E-state index contributed by atoms with van der Waals surface area (Å²) in [6.07, 6.45) is 6.06. The molecule has 1 atom stereocenters. The van der Waals surface area contributed by atoms with Crippen LogP contribution in [0.3, 0.4) is 0 Å². The molecule has 5 heteroatoms. The summed E-state index contributed by atoms with van der Waals surface area (Å²) in [4.78, 5) is 0.299. The molecule has 1 unspecified atom stereocenters. The van der Waals surface area contributed by atoms with Crippen molar-refractivity contribution < 1.29 is 8.42 Å². The molecule has 0 saturated heterocycles. The Morgan fingerprint density at radius 1 is 0.880 bits per heavy atom. The monoisotopic (exact) mass is 376 g/mol. The summed E-state index contributed by atoms with van der Waals surface area (Å²) in [6, 6.07) is 17.0. The number of rotatable bonds is 9. The fraction of sp³-hybridized carbons (Fsp3) is 0.400.